The first-order valence-corrected chi connectivity index (χ1v) is 13.6. The lowest BCUT2D eigenvalue weighted by Crippen LogP contribution is -2.51. The van der Waals surface area contributed by atoms with Crippen LogP contribution >= 0.6 is 0 Å². The number of nitrogens with zero attached hydrogens (tertiary/aromatic N) is 2. The molecule has 0 radical (unpaired) electrons. The topological polar surface area (TPSA) is 121 Å². The van der Waals surface area contributed by atoms with Crippen LogP contribution in [0.15, 0.2) is 48.7 Å². The minimum atomic E-state index is -0.716. The molecule has 1 atom stereocenters. The molecule has 3 heterocycles. The van der Waals surface area contributed by atoms with E-state index < -0.39 is 11.6 Å². The van der Waals surface area contributed by atoms with Gasteiger partial charge in [-0.3, -0.25) is 9.59 Å². The van der Waals surface area contributed by atoms with Gasteiger partial charge in [-0.1, -0.05) is 24.3 Å². The summed E-state index contributed by atoms with van der Waals surface area (Å²) in [5.41, 5.74) is 10.1. The Bertz CT molecular complexity index is 1380. The second-order valence-electron chi connectivity index (χ2n) is 11.6. The SMILES string of the molecule is CC(C)(C)OC(=O)N1CCC(C(=O)N[C@H](Cc2c[nH]c3ccccc23)C(=O)N2Cc3ccc(N)cc3C2)CC1. The Labute approximate surface area is 228 Å². The number of para-hydroxylation sites is 1. The molecule has 3 aromatic rings. The van der Waals surface area contributed by atoms with Crippen LogP contribution in [0.25, 0.3) is 10.9 Å². The van der Waals surface area contributed by atoms with Crippen molar-refractivity contribution >= 4 is 34.5 Å². The Kier molecular flexibility index (Phi) is 7.25. The zero-order chi connectivity index (χ0) is 27.7. The highest BCUT2D eigenvalue weighted by atomic mass is 16.6. The summed E-state index contributed by atoms with van der Waals surface area (Å²) in [6.07, 6.45) is 2.97. The normalized spacial score (nSPS) is 16.7. The predicted molar refractivity (Wildman–Crippen MR) is 150 cm³/mol. The third-order valence-corrected chi connectivity index (χ3v) is 7.50. The van der Waals surface area contributed by atoms with Crippen LogP contribution in [0.5, 0.6) is 0 Å². The van der Waals surface area contributed by atoms with E-state index in [2.05, 4.69) is 10.3 Å². The molecule has 0 unspecified atom stereocenters. The van der Waals surface area contributed by atoms with Gasteiger partial charge in [0.1, 0.15) is 11.6 Å². The number of ether oxygens (including phenoxy) is 1. The number of carbonyl (C=O) groups is 3. The second kappa shape index (κ2) is 10.6. The smallest absolute Gasteiger partial charge is 0.410 e. The number of carbonyl (C=O) groups excluding carboxylic acids is 3. The van der Waals surface area contributed by atoms with E-state index >= 15 is 0 Å². The Morgan fingerprint density at radius 3 is 2.51 bits per heavy atom. The number of H-pyrrole nitrogens is 1. The van der Waals surface area contributed by atoms with Crippen LogP contribution in [0.1, 0.15) is 50.3 Å². The number of likely N-dealkylation sites (tertiary alicyclic amines) is 1. The van der Waals surface area contributed by atoms with E-state index in [0.29, 0.717) is 51.1 Å². The van der Waals surface area contributed by atoms with E-state index in [9.17, 15) is 14.4 Å². The number of fused-ring (bicyclic) bond motifs is 2. The molecular weight excluding hydrogens is 494 g/mol. The Balaban J connectivity index is 1.29. The summed E-state index contributed by atoms with van der Waals surface area (Å²) in [6, 6.07) is 12.9. The van der Waals surface area contributed by atoms with Crippen LogP contribution in [0.4, 0.5) is 10.5 Å². The molecule has 1 aromatic heterocycles. The highest BCUT2D eigenvalue weighted by molar-refractivity contribution is 5.90. The van der Waals surface area contributed by atoms with E-state index in [4.69, 9.17) is 10.5 Å². The lowest BCUT2D eigenvalue weighted by Gasteiger charge is -2.33. The Hall–Kier alpha value is -4.01. The van der Waals surface area contributed by atoms with Crippen molar-refractivity contribution in [2.45, 2.75) is 64.8 Å². The average Bonchev–Trinajstić information content (AvgIpc) is 3.51. The number of nitrogens with two attached hydrogens (primary N) is 1. The lowest BCUT2D eigenvalue weighted by molar-refractivity contribution is -0.138. The van der Waals surface area contributed by atoms with Gasteiger partial charge in [0, 0.05) is 61.3 Å². The van der Waals surface area contributed by atoms with Gasteiger partial charge in [0.2, 0.25) is 11.8 Å². The van der Waals surface area contributed by atoms with Gasteiger partial charge in [-0.05, 0) is 68.5 Å². The number of piperidine rings is 1. The zero-order valence-electron chi connectivity index (χ0n) is 22.8. The van der Waals surface area contributed by atoms with E-state index in [0.717, 1.165) is 27.6 Å². The Morgan fingerprint density at radius 2 is 1.77 bits per heavy atom. The average molecular weight is 532 g/mol. The van der Waals surface area contributed by atoms with E-state index in [1.807, 2.05) is 69.4 Å². The first-order chi connectivity index (χ1) is 18.6. The second-order valence-corrected chi connectivity index (χ2v) is 11.6. The van der Waals surface area contributed by atoms with Gasteiger partial charge in [-0.15, -0.1) is 0 Å². The molecule has 9 heteroatoms. The largest absolute Gasteiger partial charge is 0.444 e. The number of amides is 3. The number of nitrogen functional groups attached to an aromatic ring is 1. The third-order valence-electron chi connectivity index (χ3n) is 7.50. The van der Waals surface area contributed by atoms with Crippen molar-refractivity contribution in [2.75, 3.05) is 18.8 Å². The van der Waals surface area contributed by atoms with Crippen molar-refractivity contribution < 1.29 is 19.1 Å². The number of benzene rings is 2. The van der Waals surface area contributed by atoms with Crippen molar-refractivity contribution in [1.82, 2.24) is 20.1 Å². The molecule has 39 heavy (non-hydrogen) atoms. The van der Waals surface area contributed by atoms with Crippen LogP contribution in [0.3, 0.4) is 0 Å². The molecule has 0 saturated carbocycles. The van der Waals surface area contributed by atoms with Crippen LogP contribution in [-0.4, -0.2) is 57.4 Å². The molecule has 0 bridgehead atoms. The number of hydrogen-bond donors (Lipinski definition) is 3. The summed E-state index contributed by atoms with van der Waals surface area (Å²) in [6.45, 7) is 7.35. The number of nitrogens with one attached hydrogen (secondary N) is 2. The third kappa shape index (κ3) is 6.02. The summed E-state index contributed by atoms with van der Waals surface area (Å²) in [7, 11) is 0. The van der Waals surface area contributed by atoms with E-state index in [1.165, 1.54) is 0 Å². The van der Waals surface area contributed by atoms with Gasteiger partial charge in [-0.2, -0.15) is 0 Å². The van der Waals surface area contributed by atoms with Crippen molar-refractivity contribution in [3.8, 4) is 0 Å². The molecule has 2 aliphatic rings. The fourth-order valence-electron chi connectivity index (χ4n) is 5.45. The lowest BCUT2D eigenvalue weighted by atomic mass is 9.95. The van der Waals surface area contributed by atoms with Gasteiger partial charge in [-0.25, -0.2) is 4.79 Å². The molecule has 9 nitrogen and oxygen atoms in total. The van der Waals surface area contributed by atoms with Crippen molar-refractivity contribution in [3.63, 3.8) is 0 Å². The maximum Gasteiger partial charge on any atom is 0.410 e. The van der Waals surface area contributed by atoms with E-state index in [-0.39, 0.29) is 23.8 Å². The first kappa shape index (κ1) is 26.6. The van der Waals surface area contributed by atoms with Crippen molar-refractivity contribution in [3.05, 3.63) is 65.4 Å². The highest BCUT2D eigenvalue weighted by Gasteiger charge is 2.34. The fraction of sp³-hybridized carbons (Fsp3) is 0.433. The van der Waals surface area contributed by atoms with Gasteiger partial charge < -0.3 is 30.6 Å². The van der Waals surface area contributed by atoms with Gasteiger partial charge in [0.05, 0.1) is 0 Å². The molecule has 0 spiro atoms. The summed E-state index contributed by atoms with van der Waals surface area (Å²) >= 11 is 0. The monoisotopic (exact) mass is 531 g/mol. The molecule has 0 aliphatic carbocycles. The molecule has 5 rings (SSSR count). The molecule has 3 amide bonds. The number of anilines is 1. The standard InChI is InChI=1S/C30H37N5O4/c1-30(2,3)39-29(38)34-12-10-19(11-13-34)27(36)33-26(15-21-16-32-25-7-5-4-6-24(21)25)28(37)35-17-20-8-9-23(31)14-22(20)18-35/h4-9,14,16,19,26,32H,10-13,15,17-18,31H2,1-3H3,(H,33,36)/t26-/m1/s1. The van der Waals surface area contributed by atoms with Gasteiger partial charge in [0.25, 0.3) is 0 Å². The summed E-state index contributed by atoms with van der Waals surface area (Å²) < 4.78 is 5.48. The van der Waals surface area contributed by atoms with Crippen molar-refractivity contribution in [2.24, 2.45) is 5.92 Å². The minimum absolute atomic E-state index is 0.116. The molecule has 1 fully saturated rings. The summed E-state index contributed by atoms with van der Waals surface area (Å²) in [4.78, 5) is 46.5. The van der Waals surface area contributed by atoms with Gasteiger partial charge in [0.15, 0.2) is 0 Å². The molecule has 4 N–H and O–H groups in total. The van der Waals surface area contributed by atoms with Crippen molar-refractivity contribution in [1.29, 1.82) is 0 Å². The molecule has 206 valence electrons. The molecule has 1 saturated heterocycles. The van der Waals surface area contributed by atoms with Gasteiger partial charge >= 0.3 is 6.09 Å². The minimum Gasteiger partial charge on any atom is -0.444 e. The quantitative estimate of drug-likeness (QED) is 0.430. The number of rotatable bonds is 5. The van der Waals surface area contributed by atoms with Crippen LogP contribution in [0.2, 0.25) is 0 Å². The van der Waals surface area contributed by atoms with Crippen LogP contribution in [0, 0.1) is 5.92 Å². The maximum atomic E-state index is 13.9. The highest BCUT2D eigenvalue weighted by Crippen LogP contribution is 2.27. The molecular formula is C30H37N5O4. The summed E-state index contributed by atoms with van der Waals surface area (Å²) in [5, 5.41) is 4.12. The zero-order valence-corrected chi connectivity index (χ0v) is 22.8. The fourth-order valence-corrected chi connectivity index (χ4v) is 5.45. The maximum absolute atomic E-state index is 13.9. The van der Waals surface area contributed by atoms with Crippen LogP contribution in [-0.2, 0) is 33.8 Å². The number of hydrogen-bond acceptors (Lipinski definition) is 5. The first-order valence-electron chi connectivity index (χ1n) is 13.6. The summed E-state index contributed by atoms with van der Waals surface area (Å²) in [5.74, 6) is -0.551. The van der Waals surface area contributed by atoms with E-state index in [1.54, 1.807) is 9.80 Å². The molecule has 2 aliphatic heterocycles. The predicted octanol–water partition coefficient (Wildman–Crippen LogP) is 3.97. The Morgan fingerprint density at radius 1 is 1.05 bits per heavy atom. The number of aromatic amines is 1. The number of aromatic nitrogens is 1. The van der Waals surface area contributed by atoms with Crippen LogP contribution < -0.4 is 11.1 Å². The molecule has 2 aromatic carbocycles.